The molecule has 2 aromatic rings. The van der Waals surface area contributed by atoms with Crippen molar-refractivity contribution >= 4 is 42.8 Å². The maximum atomic E-state index is 5.61. The molecule has 1 aromatic heterocycles. The van der Waals surface area contributed by atoms with Crippen LogP contribution in [0.1, 0.15) is 26.3 Å². The first-order valence-corrected chi connectivity index (χ1v) is 7.25. The smallest absolute Gasteiger partial charge is 0.132 e. The molecule has 0 aliphatic rings. The van der Waals surface area contributed by atoms with Crippen molar-refractivity contribution in [2.45, 2.75) is 26.2 Å². The highest BCUT2D eigenvalue weighted by Gasteiger charge is 2.22. The Kier molecular flexibility index (Phi) is 3.70. The largest absolute Gasteiger partial charge is 0.496 e. The number of benzene rings is 1. The lowest BCUT2D eigenvalue weighted by molar-refractivity contribution is 0.402. The van der Waals surface area contributed by atoms with Crippen LogP contribution in [0, 0.1) is 0 Å². The molecule has 0 bridgehead atoms. The number of aromatic nitrogens is 1. The maximum Gasteiger partial charge on any atom is 0.132 e. The van der Waals surface area contributed by atoms with Gasteiger partial charge in [0.1, 0.15) is 5.75 Å². The number of pyridine rings is 1. The van der Waals surface area contributed by atoms with Gasteiger partial charge >= 0.3 is 0 Å². The first-order chi connectivity index (χ1) is 8.34. The molecule has 0 spiro atoms. The van der Waals surface area contributed by atoms with Crippen LogP contribution in [0.5, 0.6) is 5.75 Å². The van der Waals surface area contributed by atoms with Gasteiger partial charge in [0.15, 0.2) is 0 Å². The molecule has 2 rings (SSSR count). The van der Waals surface area contributed by atoms with E-state index in [9.17, 15) is 0 Å². The third kappa shape index (κ3) is 2.41. The predicted molar refractivity (Wildman–Crippen MR) is 82.4 cm³/mol. The van der Waals surface area contributed by atoms with Crippen LogP contribution in [0.15, 0.2) is 27.3 Å². The molecule has 4 heteroatoms. The molecule has 0 atom stereocenters. The van der Waals surface area contributed by atoms with Gasteiger partial charge in [-0.05, 0) is 49.4 Å². The van der Waals surface area contributed by atoms with E-state index in [2.05, 4.69) is 63.7 Å². The van der Waals surface area contributed by atoms with Crippen molar-refractivity contribution in [2.24, 2.45) is 0 Å². The average molecular weight is 373 g/mol. The van der Waals surface area contributed by atoms with Gasteiger partial charge in [0.2, 0.25) is 0 Å². The quantitative estimate of drug-likeness (QED) is 0.697. The summed E-state index contributed by atoms with van der Waals surface area (Å²) in [5.74, 6) is 0.898. The number of fused-ring (bicyclic) bond motifs is 1. The van der Waals surface area contributed by atoms with Gasteiger partial charge < -0.3 is 4.74 Å². The second kappa shape index (κ2) is 4.82. The number of hydrogen-bond donors (Lipinski definition) is 0. The number of nitrogens with zero attached hydrogens (tertiary/aromatic N) is 1. The van der Waals surface area contributed by atoms with Crippen molar-refractivity contribution in [2.75, 3.05) is 7.11 Å². The standard InChI is InChI=1S/C14H15Br2NO/c1-14(2,3)10-6-11(16)12-9(13(10)18-4)5-8(15)7-17-12/h5-7H,1-4H3. The monoisotopic (exact) mass is 371 g/mol. The maximum absolute atomic E-state index is 5.61. The average Bonchev–Trinajstić information content (AvgIpc) is 2.27. The normalized spacial score (nSPS) is 11.9. The van der Waals surface area contributed by atoms with Crippen LogP contribution in [-0.2, 0) is 5.41 Å². The molecular weight excluding hydrogens is 358 g/mol. The third-order valence-electron chi connectivity index (χ3n) is 2.85. The molecule has 0 N–H and O–H groups in total. The van der Waals surface area contributed by atoms with E-state index in [4.69, 9.17) is 4.74 Å². The summed E-state index contributed by atoms with van der Waals surface area (Å²) in [6.07, 6.45) is 1.79. The van der Waals surface area contributed by atoms with Gasteiger partial charge in [-0.15, -0.1) is 0 Å². The molecule has 0 unspecified atom stereocenters. The highest BCUT2D eigenvalue weighted by Crippen LogP contribution is 2.40. The predicted octanol–water partition coefficient (Wildman–Crippen LogP) is 5.07. The first kappa shape index (κ1) is 13.8. The lowest BCUT2D eigenvalue weighted by Gasteiger charge is -2.23. The van der Waals surface area contributed by atoms with Crippen LogP contribution in [0.25, 0.3) is 10.9 Å². The van der Waals surface area contributed by atoms with E-state index < -0.39 is 0 Å². The van der Waals surface area contributed by atoms with E-state index in [-0.39, 0.29) is 5.41 Å². The van der Waals surface area contributed by atoms with E-state index >= 15 is 0 Å². The molecule has 1 aromatic carbocycles. The number of rotatable bonds is 1. The first-order valence-electron chi connectivity index (χ1n) is 5.67. The topological polar surface area (TPSA) is 22.1 Å². The summed E-state index contributed by atoms with van der Waals surface area (Å²) in [6.45, 7) is 6.53. The molecule has 0 fully saturated rings. The molecule has 18 heavy (non-hydrogen) atoms. The summed E-state index contributed by atoms with van der Waals surface area (Å²) in [4.78, 5) is 4.44. The highest BCUT2D eigenvalue weighted by molar-refractivity contribution is 9.11. The van der Waals surface area contributed by atoms with Crippen molar-refractivity contribution in [1.82, 2.24) is 4.98 Å². The zero-order chi connectivity index (χ0) is 13.5. The van der Waals surface area contributed by atoms with Gasteiger partial charge in [-0.25, -0.2) is 0 Å². The summed E-state index contributed by atoms with van der Waals surface area (Å²) in [6, 6.07) is 4.14. The Bertz CT molecular complexity index is 603. The molecule has 0 aliphatic carbocycles. The lowest BCUT2D eigenvalue weighted by Crippen LogP contribution is -2.13. The third-order valence-corrected chi connectivity index (χ3v) is 3.89. The minimum absolute atomic E-state index is 0.0182. The van der Waals surface area contributed by atoms with Gasteiger partial charge in [-0.1, -0.05) is 20.8 Å². The number of hydrogen-bond acceptors (Lipinski definition) is 2. The number of halogens is 2. The van der Waals surface area contributed by atoms with E-state index in [1.807, 2.05) is 6.07 Å². The summed E-state index contributed by atoms with van der Waals surface area (Å²) >= 11 is 7.06. The Balaban J connectivity index is 2.90. The zero-order valence-corrected chi connectivity index (χ0v) is 14.0. The van der Waals surface area contributed by atoms with Gasteiger partial charge in [0.25, 0.3) is 0 Å². The molecule has 1 heterocycles. The lowest BCUT2D eigenvalue weighted by atomic mass is 9.85. The minimum atomic E-state index is 0.0182. The molecule has 0 aliphatic heterocycles. The van der Waals surface area contributed by atoms with Crippen molar-refractivity contribution in [3.63, 3.8) is 0 Å². The fourth-order valence-corrected chi connectivity index (χ4v) is 2.86. The van der Waals surface area contributed by atoms with E-state index in [1.54, 1.807) is 13.3 Å². The fraction of sp³-hybridized carbons (Fsp3) is 0.357. The van der Waals surface area contributed by atoms with Crippen LogP contribution in [0.4, 0.5) is 0 Å². The Hall–Kier alpha value is -0.610. The van der Waals surface area contributed by atoms with Crippen molar-refractivity contribution in [3.8, 4) is 5.75 Å². The van der Waals surface area contributed by atoms with Crippen LogP contribution >= 0.6 is 31.9 Å². The van der Waals surface area contributed by atoms with Crippen LogP contribution in [0.2, 0.25) is 0 Å². The summed E-state index contributed by atoms with van der Waals surface area (Å²) in [5, 5.41) is 1.02. The van der Waals surface area contributed by atoms with Gasteiger partial charge in [0, 0.05) is 26.1 Å². The molecule has 2 nitrogen and oxygen atoms in total. The fourth-order valence-electron chi connectivity index (χ4n) is 1.99. The van der Waals surface area contributed by atoms with E-state index in [0.717, 1.165) is 25.6 Å². The molecule has 0 saturated carbocycles. The SMILES string of the molecule is COc1c(C(C)(C)C)cc(Br)c2ncc(Br)cc12. The zero-order valence-electron chi connectivity index (χ0n) is 10.8. The molecule has 0 amide bonds. The summed E-state index contributed by atoms with van der Waals surface area (Å²) < 4.78 is 7.56. The van der Waals surface area contributed by atoms with Gasteiger partial charge in [0.05, 0.1) is 12.6 Å². The van der Waals surface area contributed by atoms with E-state index in [1.165, 1.54) is 5.56 Å². The van der Waals surface area contributed by atoms with Crippen molar-refractivity contribution in [3.05, 3.63) is 32.8 Å². The van der Waals surface area contributed by atoms with Crippen molar-refractivity contribution < 1.29 is 4.74 Å². The highest BCUT2D eigenvalue weighted by atomic mass is 79.9. The van der Waals surface area contributed by atoms with Crippen molar-refractivity contribution in [1.29, 1.82) is 0 Å². The van der Waals surface area contributed by atoms with Crippen LogP contribution in [-0.4, -0.2) is 12.1 Å². The number of methoxy groups -OCH3 is 1. The van der Waals surface area contributed by atoms with Gasteiger partial charge in [-0.2, -0.15) is 0 Å². The van der Waals surface area contributed by atoms with Gasteiger partial charge in [-0.3, -0.25) is 4.98 Å². The van der Waals surface area contributed by atoms with Crippen LogP contribution < -0.4 is 4.74 Å². The number of ether oxygens (including phenoxy) is 1. The Labute approximate surface area is 124 Å². The van der Waals surface area contributed by atoms with E-state index in [0.29, 0.717) is 0 Å². The Morgan fingerprint density at radius 2 is 1.83 bits per heavy atom. The molecule has 96 valence electrons. The molecule has 0 radical (unpaired) electrons. The molecular formula is C14H15Br2NO. The second-order valence-corrected chi connectivity index (χ2v) is 7.01. The minimum Gasteiger partial charge on any atom is -0.496 e. The Morgan fingerprint density at radius 1 is 1.17 bits per heavy atom. The Morgan fingerprint density at radius 3 is 2.39 bits per heavy atom. The molecule has 0 saturated heterocycles. The summed E-state index contributed by atoms with van der Waals surface area (Å²) in [5.41, 5.74) is 2.11. The summed E-state index contributed by atoms with van der Waals surface area (Å²) in [7, 11) is 1.71. The van der Waals surface area contributed by atoms with Crippen LogP contribution in [0.3, 0.4) is 0 Å². The second-order valence-electron chi connectivity index (χ2n) is 5.24.